The Morgan fingerprint density at radius 1 is 1.08 bits per heavy atom. The van der Waals surface area contributed by atoms with Crippen LogP contribution in [0.25, 0.3) is 0 Å². The maximum absolute atomic E-state index is 9.67. The van der Waals surface area contributed by atoms with Crippen LogP contribution in [-0.2, 0) is 4.74 Å². The molecule has 0 heterocycles. The van der Waals surface area contributed by atoms with Crippen molar-refractivity contribution in [3.05, 3.63) is 0 Å². The minimum Gasteiger partial charge on any atom is -0.382 e. The molecule has 0 aromatic heterocycles. The molecule has 0 aromatic carbocycles. The lowest BCUT2D eigenvalue weighted by Gasteiger charge is -1.86. The maximum Gasteiger partial charge on any atom is 0.762 e. The van der Waals surface area contributed by atoms with Crippen molar-refractivity contribution in [2.75, 3.05) is 18.6 Å². The highest BCUT2D eigenvalue weighted by Gasteiger charge is 2.06. The summed E-state index contributed by atoms with van der Waals surface area (Å²) in [5.41, 5.74) is 0. The van der Waals surface area contributed by atoms with E-state index in [0.717, 1.165) is 13.2 Å². The van der Waals surface area contributed by atoms with E-state index in [1.54, 1.807) is 0 Å². The van der Waals surface area contributed by atoms with Crippen LogP contribution < -0.4 is 0 Å². The van der Waals surface area contributed by atoms with Crippen LogP contribution in [0.5, 0.6) is 0 Å². The Morgan fingerprint density at radius 3 is 1.25 bits per heavy atom. The van der Waals surface area contributed by atoms with Gasteiger partial charge in [-0.25, -0.2) is 0 Å². The molecule has 0 amide bonds. The lowest BCUT2D eigenvalue weighted by molar-refractivity contribution is 0.162. The highest BCUT2D eigenvalue weighted by Crippen LogP contribution is 1.80. The summed E-state index contributed by atoms with van der Waals surface area (Å²) < 4.78 is 33.8. The summed E-state index contributed by atoms with van der Waals surface area (Å²) in [5, 5.41) is 0.194. The Hall–Kier alpha value is 0.395. The molecule has 0 aliphatic heterocycles. The van der Waals surface area contributed by atoms with Crippen LogP contribution in [0.1, 0.15) is 13.8 Å². The Morgan fingerprint density at radius 2 is 1.25 bits per heavy atom. The van der Waals surface area contributed by atoms with Gasteiger partial charge in [0, 0.05) is 13.2 Å². The van der Waals surface area contributed by atoms with Gasteiger partial charge in [-0.05, 0) is 13.8 Å². The fourth-order valence-corrected chi connectivity index (χ4v) is 0.204. The molecule has 0 unspecified atom stereocenters. The Balaban J connectivity index is -0.000000105. The van der Waals surface area contributed by atoms with Gasteiger partial charge in [-0.3, -0.25) is 12.9 Å². The van der Waals surface area contributed by atoms with Gasteiger partial charge in [0.25, 0.3) is 0 Å². The number of alkyl halides is 2. The summed E-state index contributed by atoms with van der Waals surface area (Å²) in [5.74, 6) is 0. The molecule has 0 rings (SSSR count). The summed E-state index contributed by atoms with van der Waals surface area (Å²) in [7, 11) is -3.67. The molecule has 76 valence electrons. The van der Waals surface area contributed by atoms with Gasteiger partial charge in [0.1, 0.15) is 0 Å². The molecule has 0 aliphatic rings. The summed E-state index contributed by atoms with van der Waals surface area (Å²) in [6.45, 7) is 5.67. The quantitative estimate of drug-likeness (QED) is 0.519. The van der Waals surface area contributed by atoms with Gasteiger partial charge in [-0.15, -0.1) is 23.2 Å². The van der Waals surface area contributed by atoms with E-state index in [9.17, 15) is 12.9 Å². The molecule has 0 N–H and O–H groups in total. The highest BCUT2D eigenvalue weighted by atomic mass is 35.5. The molecule has 0 aliphatic carbocycles. The molecule has 0 saturated carbocycles. The lowest BCUT2D eigenvalue weighted by Crippen LogP contribution is -1.84. The largest absolute Gasteiger partial charge is 0.762 e. The monoisotopic (exact) mass is 226 g/mol. The van der Waals surface area contributed by atoms with Crippen LogP contribution in [0.3, 0.4) is 0 Å². The molecule has 0 saturated heterocycles. The Bertz CT molecular complexity index is 57.2. The average molecular weight is 227 g/mol. The van der Waals surface area contributed by atoms with E-state index in [4.69, 9.17) is 27.9 Å². The molecule has 0 spiro atoms. The molecular formula is C5H12BCl2F3O. The molecular weight excluding hydrogens is 215 g/mol. The zero-order valence-corrected chi connectivity index (χ0v) is 8.51. The molecule has 0 fully saturated rings. The zero-order valence-electron chi connectivity index (χ0n) is 7.00. The van der Waals surface area contributed by atoms with E-state index in [1.165, 1.54) is 0 Å². The first kappa shape index (κ1) is 18.2. The maximum atomic E-state index is 9.67. The van der Waals surface area contributed by atoms with E-state index in [1.807, 2.05) is 13.8 Å². The SMILES string of the molecule is CCOCC.ClCCl.FB(F)F. The first-order valence-electron chi connectivity index (χ1n) is 3.18. The molecule has 0 aromatic rings. The normalized spacial score (nSPS) is 7.25. The van der Waals surface area contributed by atoms with Crippen LogP contribution in [0.4, 0.5) is 12.9 Å². The second-order valence-corrected chi connectivity index (χ2v) is 1.94. The van der Waals surface area contributed by atoms with E-state index in [2.05, 4.69) is 0 Å². The first-order chi connectivity index (χ1) is 5.56. The standard InChI is InChI=1S/C4H10O.CH2Cl2.BF3/c1-3-5-4-2;2-1-3;2-1(3)4/h3-4H2,1-2H3;1H2;. The van der Waals surface area contributed by atoms with Gasteiger partial charge in [-0.2, -0.15) is 0 Å². The van der Waals surface area contributed by atoms with Gasteiger partial charge in [-0.1, -0.05) is 0 Å². The Labute approximate surface area is 81.4 Å². The van der Waals surface area contributed by atoms with Crippen LogP contribution in [0.15, 0.2) is 0 Å². The third-order valence-electron chi connectivity index (χ3n) is 0.408. The zero-order chi connectivity index (χ0) is 10.4. The van der Waals surface area contributed by atoms with Gasteiger partial charge in [0.2, 0.25) is 0 Å². The smallest absolute Gasteiger partial charge is 0.382 e. The first-order valence-corrected chi connectivity index (χ1v) is 4.25. The van der Waals surface area contributed by atoms with Crippen LogP contribution in [0.2, 0.25) is 0 Å². The lowest BCUT2D eigenvalue weighted by atomic mass is 10.5. The fourth-order valence-electron chi connectivity index (χ4n) is 0.204. The number of halogens is 5. The van der Waals surface area contributed by atoms with Crippen LogP contribution >= 0.6 is 23.2 Å². The number of ether oxygens (including phenoxy) is 1. The van der Waals surface area contributed by atoms with E-state index >= 15 is 0 Å². The van der Waals surface area contributed by atoms with E-state index < -0.39 is 7.54 Å². The number of hydrogen-bond donors (Lipinski definition) is 0. The van der Waals surface area contributed by atoms with Crippen molar-refractivity contribution >= 4 is 30.7 Å². The predicted molar refractivity (Wildman–Crippen MR) is 47.8 cm³/mol. The molecule has 1 nitrogen and oxygen atoms in total. The average Bonchev–Trinajstić information content (AvgIpc) is 1.89. The van der Waals surface area contributed by atoms with Gasteiger partial charge in [0.05, 0.1) is 5.34 Å². The molecule has 0 bridgehead atoms. The fraction of sp³-hybridized carbons (Fsp3) is 1.00. The summed E-state index contributed by atoms with van der Waals surface area (Å²) in [6, 6.07) is 0. The van der Waals surface area contributed by atoms with Gasteiger partial charge >= 0.3 is 7.54 Å². The second kappa shape index (κ2) is 22.5. The summed E-state index contributed by atoms with van der Waals surface area (Å²) >= 11 is 9.53. The second-order valence-electron chi connectivity index (χ2n) is 1.13. The van der Waals surface area contributed by atoms with Gasteiger partial charge in [0.15, 0.2) is 0 Å². The van der Waals surface area contributed by atoms with Crippen molar-refractivity contribution in [2.24, 2.45) is 0 Å². The van der Waals surface area contributed by atoms with Crippen molar-refractivity contribution < 1.29 is 17.7 Å². The molecule has 12 heavy (non-hydrogen) atoms. The van der Waals surface area contributed by atoms with E-state index in [0.29, 0.717) is 0 Å². The number of hydrogen-bond acceptors (Lipinski definition) is 1. The summed E-state index contributed by atoms with van der Waals surface area (Å²) in [6.07, 6.45) is 0. The summed E-state index contributed by atoms with van der Waals surface area (Å²) in [4.78, 5) is 0. The van der Waals surface area contributed by atoms with Crippen LogP contribution in [0, 0.1) is 0 Å². The molecule has 7 heteroatoms. The topological polar surface area (TPSA) is 9.23 Å². The van der Waals surface area contributed by atoms with Crippen molar-refractivity contribution in [1.29, 1.82) is 0 Å². The van der Waals surface area contributed by atoms with Gasteiger partial charge < -0.3 is 4.74 Å². The predicted octanol–water partition coefficient (Wildman–Crippen LogP) is 3.34. The Kier molecular flexibility index (Phi) is 34.2. The third-order valence-corrected chi connectivity index (χ3v) is 0.408. The van der Waals surface area contributed by atoms with Crippen molar-refractivity contribution in [3.8, 4) is 0 Å². The van der Waals surface area contributed by atoms with Crippen molar-refractivity contribution in [2.45, 2.75) is 13.8 Å². The van der Waals surface area contributed by atoms with E-state index in [-0.39, 0.29) is 5.34 Å². The molecule has 0 radical (unpaired) electrons. The van der Waals surface area contributed by atoms with Crippen molar-refractivity contribution in [1.82, 2.24) is 0 Å². The molecule has 0 atom stereocenters. The minimum atomic E-state index is -3.67. The van der Waals surface area contributed by atoms with Crippen molar-refractivity contribution in [3.63, 3.8) is 0 Å². The minimum absolute atomic E-state index is 0.194. The number of rotatable bonds is 2. The van der Waals surface area contributed by atoms with Crippen LogP contribution in [-0.4, -0.2) is 26.1 Å². The highest BCUT2D eigenvalue weighted by molar-refractivity contribution is 6.40. The third kappa shape index (κ3) is 160.